The highest BCUT2D eigenvalue weighted by molar-refractivity contribution is 6.32. The molecule has 3 aromatic rings. The molecule has 0 heterocycles. The van der Waals surface area contributed by atoms with Gasteiger partial charge in [0.1, 0.15) is 23.9 Å². The van der Waals surface area contributed by atoms with Crippen molar-refractivity contribution >= 4 is 29.3 Å². The molecule has 0 spiro atoms. The van der Waals surface area contributed by atoms with Crippen LogP contribution in [0.4, 0.5) is 5.69 Å². The first-order valence-electron chi connectivity index (χ1n) is 9.26. The number of benzene rings is 3. The van der Waals surface area contributed by atoms with E-state index in [9.17, 15) is 4.79 Å². The third-order valence-electron chi connectivity index (χ3n) is 4.29. The normalized spacial score (nSPS) is 10.6. The van der Waals surface area contributed by atoms with Crippen molar-refractivity contribution < 1.29 is 19.0 Å². The Morgan fingerprint density at radius 3 is 2.33 bits per heavy atom. The van der Waals surface area contributed by atoms with Crippen LogP contribution in [-0.4, -0.2) is 20.1 Å². The average Bonchev–Trinajstić information content (AvgIpc) is 2.78. The Balaban J connectivity index is 1.60. The molecule has 0 aliphatic rings. The Kier molecular flexibility index (Phi) is 7.35. The summed E-state index contributed by atoms with van der Waals surface area (Å²) in [6.07, 6.45) is 3.16. The first-order chi connectivity index (χ1) is 14.6. The van der Waals surface area contributed by atoms with E-state index in [1.165, 1.54) is 20.3 Å². The van der Waals surface area contributed by atoms with Gasteiger partial charge < -0.3 is 19.5 Å². The van der Waals surface area contributed by atoms with E-state index in [1.807, 2.05) is 54.6 Å². The van der Waals surface area contributed by atoms with E-state index in [-0.39, 0.29) is 5.91 Å². The molecule has 0 bridgehead atoms. The van der Waals surface area contributed by atoms with Gasteiger partial charge in [0.15, 0.2) is 0 Å². The van der Waals surface area contributed by atoms with Crippen LogP contribution in [0.3, 0.4) is 0 Å². The summed E-state index contributed by atoms with van der Waals surface area (Å²) in [5.74, 6) is 1.35. The lowest BCUT2D eigenvalue weighted by Crippen LogP contribution is -2.09. The minimum Gasteiger partial charge on any atom is -0.495 e. The zero-order chi connectivity index (χ0) is 21.3. The van der Waals surface area contributed by atoms with Crippen molar-refractivity contribution in [2.45, 2.75) is 6.61 Å². The lowest BCUT2D eigenvalue weighted by molar-refractivity contribution is -0.111. The molecule has 0 unspecified atom stereocenters. The third kappa shape index (κ3) is 5.78. The molecule has 154 valence electrons. The quantitative estimate of drug-likeness (QED) is 0.480. The van der Waals surface area contributed by atoms with Gasteiger partial charge in [0.25, 0.3) is 0 Å². The number of methoxy groups -OCH3 is 2. The van der Waals surface area contributed by atoms with Crippen LogP contribution >= 0.6 is 11.6 Å². The SMILES string of the molecule is COc1cc(NC(=O)/C=C/c2ccc(OCc3ccccc3)cc2)c(OC)cc1Cl. The molecule has 1 N–H and O–H groups in total. The maximum atomic E-state index is 12.3. The van der Waals surface area contributed by atoms with E-state index in [0.717, 1.165) is 16.9 Å². The van der Waals surface area contributed by atoms with Crippen LogP contribution in [0.5, 0.6) is 17.2 Å². The second-order valence-electron chi connectivity index (χ2n) is 6.35. The molecule has 0 radical (unpaired) electrons. The second-order valence-corrected chi connectivity index (χ2v) is 6.76. The van der Waals surface area contributed by atoms with Crippen molar-refractivity contribution in [3.63, 3.8) is 0 Å². The van der Waals surface area contributed by atoms with Crippen molar-refractivity contribution in [3.8, 4) is 17.2 Å². The number of hydrogen-bond donors (Lipinski definition) is 1. The molecule has 0 aromatic heterocycles. The molecule has 5 nitrogen and oxygen atoms in total. The number of amides is 1. The van der Waals surface area contributed by atoms with Crippen molar-refractivity contribution in [3.05, 3.63) is 89.0 Å². The smallest absolute Gasteiger partial charge is 0.248 e. The Bertz CT molecular complexity index is 1020. The van der Waals surface area contributed by atoms with E-state index >= 15 is 0 Å². The summed E-state index contributed by atoms with van der Waals surface area (Å²) in [5.41, 5.74) is 2.45. The van der Waals surface area contributed by atoms with Gasteiger partial charge in [-0.25, -0.2) is 0 Å². The summed E-state index contributed by atoms with van der Waals surface area (Å²) in [6, 6.07) is 20.7. The number of carbonyl (C=O) groups excluding carboxylic acids is 1. The first-order valence-corrected chi connectivity index (χ1v) is 9.64. The molecule has 30 heavy (non-hydrogen) atoms. The zero-order valence-corrected chi connectivity index (χ0v) is 17.5. The second kappa shape index (κ2) is 10.4. The monoisotopic (exact) mass is 423 g/mol. The van der Waals surface area contributed by atoms with E-state index in [1.54, 1.807) is 18.2 Å². The highest BCUT2D eigenvalue weighted by Crippen LogP contribution is 2.35. The zero-order valence-electron chi connectivity index (χ0n) is 16.7. The van der Waals surface area contributed by atoms with E-state index in [2.05, 4.69) is 5.32 Å². The molecular formula is C24H22ClNO4. The minimum atomic E-state index is -0.304. The van der Waals surface area contributed by atoms with Crippen LogP contribution in [0.15, 0.2) is 72.8 Å². The largest absolute Gasteiger partial charge is 0.495 e. The average molecular weight is 424 g/mol. The number of nitrogens with one attached hydrogen (secondary N) is 1. The van der Waals surface area contributed by atoms with Crippen LogP contribution < -0.4 is 19.5 Å². The molecule has 6 heteroatoms. The predicted octanol–water partition coefficient (Wildman–Crippen LogP) is 5.59. The molecule has 0 saturated heterocycles. The van der Waals surface area contributed by atoms with Crippen LogP contribution in [-0.2, 0) is 11.4 Å². The minimum absolute atomic E-state index is 0.304. The van der Waals surface area contributed by atoms with Gasteiger partial charge in [0.2, 0.25) is 5.91 Å². The molecule has 3 aromatic carbocycles. The third-order valence-corrected chi connectivity index (χ3v) is 4.58. The molecule has 3 rings (SSSR count). The maximum absolute atomic E-state index is 12.3. The lowest BCUT2D eigenvalue weighted by atomic mass is 10.2. The van der Waals surface area contributed by atoms with Crippen molar-refractivity contribution in [2.24, 2.45) is 0 Å². The highest BCUT2D eigenvalue weighted by Gasteiger charge is 2.11. The predicted molar refractivity (Wildman–Crippen MR) is 119 cm³/mol. The van der Waals surface area contributed by atoms with E-state index < -0.39 is 0 Å². The van der Waals surface area contributed by atoms with Gasteiger partial charge in [-0.15, -0.1) is 0 Å². The first kappa shape index (κ1) is 21.3. The van der Waals surface area contributed by atoms with E-state index in [0.29, 0.717) is 28.8 Å². The molecule has 1 amide bonds. The fraction of sp³-hybridized carbons (Fsp3) is 0.125. The summed E-state index contributed by atoms with van der Waals surface area (Å²) < 4.78 is 16.2. The summed E-state index contributed by atoms with van der Waals surface area (Å²) in [4.78, 5) is 12.3. The molecule has 0 aliphatic carbocycles. The van der Waals surface area contributed by atoms with E-state index in [4.69, 9.17) is 25.8 Å². The maximum Gasteiger partial charge on any atom is 0.248 e. The van der Waals surface area contributed by atoms with Gasteiger partial charge in [-0.05, 0) is 29.3 Å². The summed E-state index contributed by atoms with van der Waals surface area (Å²) in [6.45, 7) is 0.505. The Labute approximate surface area is 180 Å². The van der Waals surface area contributed by atoms with Crippen molar-refractivity contribution in [2.75, 3.05) is 19.5 Å². The van der Waals surface area contributed by atoms with Gasteiger partial charge in [0.05, 0.1) is 24.9 Å². The molecular weight excluding hydrogens is 402 g/mol. The van der Waals surface area contributed by atoms with Crippen molar-refractivity contribution in [1.29, 1.82) is 0 Å². The summed E-state index contributed by atoms with van der Waals surface area (Å²) in [5, 5.41) is 3.17. The Hall–Kier alpha value is -3.44. The number of rotatable bonds is 8. The van der Waals surface area contributed by atoms with Gasteiger partial charge in [-0.1, -0.05) is 54.1 Å². The van der Waals surface area contributed by atoms with Gasteiger partial charge >= 0.3 is 0 Å². The van der Waals surface area contributed by atoms with Crippen LogP contribution in [0.1, 0.15) is 11.1 Å². The fourth-order valence-electron chi connectivity index (χ4n) is 2.72. The molecule has 0 aliphatic heterocycles. The number of ether oxygens (including phenoxy) is 3. The summed E-state index contributed by atoms with van der Waals surface area (Å²) in [7, 11) is 3.01. The lowest BCUT2D eigenvalue weighted by Gasteiger charge is -2.12. The number of anilines is 1. The molecule has 0 fully saturated rings. The summed E-state index contributed by atoms with van der Waals surface area (Å²) >= 11 is 6.09. The van der Waals surface area contributed by atoms with Crippen LogP contribution in [0.25, 0.3) is 6.08 Å². The number of halogens is 1. The van der Waals surface area contributed by atoms with Crippen molar-refractivity contribution in [1.82, 2.24) is 0 Å². The Morgan fingerprint density at radius 2 is 1.67 bits per heavy atom. The Morgan fingerprint density at radius 1 is 0.967 bits per heavy atom. The number of carbonyl (C=O) groups is 1. The van der Waals surface area contributed by atoms with Crippen LogP contribution in [0.2, 0.25) is 5.02 Å². The van der Waals surface area contributed by atoms with Gasteiger partial charge in [0, 0.05) is 18.2 Å². The van der Waals surface area contributed by atoms with Gasteiger partial charge in [-0.2, -0.15) is 0 Å². The molecule has 0 atom stereocenters. The fourth-order valence-corrected chi connectivity index (χ4v) is 2.95. The van der Waals surface area contributed by atoms with Gasteiger partial charge in [-0.3, -0.25) is 4.79 Å². The topological polar surface area (TPSA) is 56.8 Å². The number of hydrogen-bond acceptors (Lipinski definition) is 4. The standard InChI is InChI=1S/C24H22ClNO4/c1-28-22-15-21(23(29-2)14-20(22)25)26-24(27)13-10-17-8-11-19(12-9-17)30-16-18-6-4-3-5-7-18/h3-15H,16H2,1-2H3,(H,26,27)/b13-10+. The van der Waals surface area contributed by atoms with Crippen LogP contribution in [0, 0.1) is 0 Å². The highest BCUT2D eigenvalue weighted by atomic mass is 35.5. The molecule has 0 saturated carbocycles.